The number of aliphatic hydroxyl groups is 3. The molecule has 0 heterocycles. The molecular weight excluding hydrogens is 1020 g/mol. The maximum Gasteiger partial charge on any atom is 0.460 e. The molecule has 0 aromatic rings. The van der Waals surface area contributed by atoms with Crippen LogP contribution in [0.2, 0.25) is 0 Å². The number of halogens is 21. The van der Waals surface area contributed by atoms with Gasteiger partial charge in [-0.15, -0.1) is 0 Å². The van der Waals surface area contributed by atoms with E-state index in [0.717, 1.165) is 0 Å². The molecule has 0 aliphatic carbocycles. The molecule has 0 spiro atoms. The molecule has 0 radical (unpaired) electrons. The van der Waals surface area contributed by atoms with Crippen molar-refractivity contribution >= 4 is 17.3 Å². The molecule has 0 aromatic heterocycles. The first kappa shape index (κ1) is 62.1. The number of carbonyl (C=O) groups is 3. The predicted octanol–water partition coefficient (Wildman–Crippen LogP) is 11.6. The van der Waals surface area contributed by atoms with Crippen LogP contribution in [0.1, 0.15) is 62.3 Å². The van der Waals surface area contributed by atoms with Gasteiger partial charge in [-0.3, -0.25) is 14.4 Å². The molecule has 0 rings (SSSR count). The molecule has 58 heavy (non-hydrogen) atoms. The summed E-state index contributed by atoms with van der Waals surface area (Å²) in [4.78, 5) is 32.5. The zero-order chi connectivity index (χ0) is 47.6. The molecule has 0 bridgehead atoms. The fraction of sp³-hybridized carbons (Fsp3) is 0.700. The molecular formula is C30H33ErF21O6. The van der Waals surface area contributed by atoms with Gasteiger partial charge < -0.3 is 15.3 Å². The Balaban J connectivity index is -0.000000374. The number of hydrogen-bond acceptors (Lipinski definition) is 6. The summed E-state index contributed by atoms with van der Waals surface area (Å²) < 4.78 is 258. The van der Waals surface area contributed by atoms with Gasteiger partial charge in [0.1, 0.15) is 17.3 Å². The van der Waals surface area contributed by atoms with Gasteiger partial charge in [-0.05, 0) is 0 Å². The number of carbonyl (C=O) groups excluding carboxylic acids is 3. The number of ketones is 3. The topological polar surface area (TPSA) is 112 Å². The molecule has 0 amide bonds. The molecule has 0 aliphatic rings. The van der Waals surface area contributed by atoms with Gasteiger partial charge in [-0.25, -0.2) is 0 Å². The van der Waals surface area contributed by atoms with Crippen LogP contribution in [-0.2, 0) is 14.4 Å². The van der Waals surface area contributed by atoms with E-state index in [1.807, 2.05) is 0 Å². The van der Waals surface area contributed by atoms with Gasteiger partial charge in [0.25, 0.3) is 0 Å². The molecule has 0 unspecified atom stereocenters. The van der Waals surface area contributed by atoms with Gasteiger partial charge in [-0.1, -0.05) is 62.3 Å². The summed E-state index contributed by atoms with van der Waals surface area (Å²) >= 11 is 0. The maximum atomic E-state index is 12.9. The SMILES string of the molecule is CC(C)(C)/C(O)=C/C(=O)C(F)(F)C(F)(F)C(F)(F)F.CC(C)(C)/C(O)=C/C(=O)C(F)(F)C(F)(F)C(F)(F)F.CC(C)(C)/C(O)=C/C(=O)C(F)(F)C(F)(F)C(F)(F)F.[Er]. The van der Waals surface area contributed by atoms with Crippen LogP contribution in [0, 0.1) is 53.6 Å². The number of aliphatic hydroxyl groups excluding tert-OH is 3. The first-order valence-corrected chi connectivity index (χ1v) is 14.5. The fourth-order valence-electron chi connectivity index (χ4n) is 2.29. The molecule has 348 valence electrons. The number of rotatable bonds is 9. The second kappa shape index (κ2) is 19.0. The first-order chi connectivity index (χ1) is 24.1. The van der Waals surface area contributed by atoms with E-state index in [4.69, 9.17) is 15.3 Å². The van der Waals surface area contributed by atoms with Crippen LogP contribution < -0.4 is 0 Å². The molecule has 0 saturated carbocycles. The molecule has 0 fully saturated rings. The van der Waals surface area contributed by atoms with Gasteiger partial charge in [0.05, 0.1) is 0 Å². The van der Waals surface area contributed by atoms with E-state index < -0.39 is 105 Å². The van der Waals surface area contributed by atoms with Crippen molar-refractivity contribution in [2.75, 3.05) is 0 Å². The smallest absolute Gasteiger partial charge is 0.460 e. The van der Waals surface area contributed by atoms with Crippen molar-refractivity contribution in [3.05, 3.63) is 35.5 Å². The van der Waals surface area contributed by atoms with Crippen molar-refractivity contribution in [3.63, 3.8) is 0 Å². The summed E-state index contributed by atoms with van der Waals surface area (Å²) in [6.45, 7) is 11.2. The normalized spacial score (nSPS) is 15.3. The zero-order valence-electron chi connectivity index (χ0n) is 30.5. The summed E-state index contributed by atoms with van der Waals surface area (Å²) in [5.41, 5.74) is -3.75. The van der Waals surface area contributed by atoms with Crippen molar-refractivity contribution in [1.29, 1.82) is 0 Å². The van der Waals surface area contributed by atoms with Crippen LogP contribution in [0.5, 0.6) is 0 Å². The molecule has 28 heteroatoms. The van der Waals surface area contributed by atoms with Crippen molar-refractivity contribution < 1.29 is 159 Å². The van der Waals surface area contributed by atoms with E-state index >= 15 is 0 Å². The third kappa shape index (κ3) is 14.8. The molecule has 6 nitrogen and oxygen atoms in total. The van der Waals surface area contributed by atoms with Crippen LogP contribution in [0.4, 0.5) is 92.2 Å². The second-order valence-corrected chi connectivity index (χ2v) is 14.4. The van der Waals surface area contributed by atoms with Crippen molar-refractivity contribution in [3.8, 4) is 0 Å². The minimum absolute atomic E-state index is 0. The Labute approximate surface area is 343 Å². The Hall–Kier alpha value is -2.59. The van der Waals surface area contributed by atoms with Crippen molar-refractivity contribution in [2.24, 2.45) is 16.2 Å². The van der Waals surface area contributed by atoms with Crippen LogP contribution in [0.25, 0.3) is 0 Å². The quantitative estimate of drug-likeness (QED) is 0.120. The second-order valence-electron chi connectivity index (χ2n) is 14.4. The van der Waals surface area contributed by atoms with E-state index in [0.29, 0.717) is 0 Å². The first-order valence-electron chi connectivity index (χ1n) is 14.5. The Bertz CT molecular complexity index is 1350. The molecule has 0 aromatic carbocycles. The van der Waals surface area contributed by atoms with E-state index in [1.165, 1.54) is 62.3 Å². The van der Waals surface area contributed by atoms with Crippen LogP contribution in [0.15, 0.2) is 35.5 Å². The standard InChI is InChI=1S/3C10H11F7O2.Er/c3*1-7(2,3)5(18)4-6(19)8(11,12)9(13,14)10(15,16)17;/h3*4,18H,1-3H3;/b3*5-4-;. The summed E-state index contributed by atoms with van der Waals surface area (Å²) in [5.74, 6) is -49.1. The van der Waals surface area contributed by atoms with E-state index in [9.17, 15) is 107 Å². The van der Waals surface area contributed by atoms with Gasteiger partial charge in [-0.2, -0.15) is 92.2 Å². The molecule has 0 aliphatic heterocycles. The van der Waals surface area contributed by atoms with Crippen LogP contribution >= 0.6 is 0 Å². The number of allylic oxidation sites excluding steroid dienone is 6. The maximum absolute atomic E-state index is 12.9. The molecule has 0 saturated heterocycles. The average Bonchev–Trinajstić information content (AvgIpc) is 2.93. The number of hydrogen-bond donors (Lipinski definition) is 3. The third-order valence-electron chi connectivity index (χ3n) is 6.29. The minimum Gasteiger partial charge on any atom is -0.512 e. The van der Waals surface area contributed by atoms with E-state index in [2.05, 4.69) is 0 Å². The summed E-state index contributed by atoms with van der Waals surface area (Å²) in [5, 5.41) is 27.5. The largest absolute Gasteiger partial charge is 0.512 e. The van der Waals surface area contributed by atoms with Gasteiger partial charge >= 0.3 is 54.1 Å². The van der Waals surface area contributed by atoms with E-state index in [-0.39, 0.29) is 55.5 Å². The Kier molecular flexibility index (Phi) is 20.3. The monoisotopic (exact) mass is 1050 g/mol. The molecule has 3 N–H and O–H groups in total. The summed E-state index contributed by atoms with van der Waals surface area (Å²) in [7, 11) is 0. The zero-order valence-corrected chi connectivity index (χ0v) is 32.4. The van der Waals surface area contributed by atoms with Crippen molar-refractivity contribution in [2.45, 2.75) is 116 Å². The Morgan fingerprint density at radius 3 is 0.534 bits per heavy atom. The fourth-order valence-corrected chi connectivity index (χ4v) is 2.29. The van der Waals surface area contributed by atoms with Gasteiger partial charge in [0, 0.05) is 71.8 Å². The van der Waals surface area contributed by atoms with Gasteiger partial charge in [0.2, 0.25) is 17.3 Å². The molecule has 0 atom stereocenters. The van der Waals surface area contributed by atoms with Crippen LogP contribution in [0.3, 0.4) is 0 Å². The predicted molar refractivity (Wildman–Crippen MR) is 153 cm³/mol. The van der Waals surface area contributed by atoms with Crippen molar-refractivity contribution in [1.82, 2.24) is 0 Å². The Morgan fingerprint density at radius 1 is 0.328 bits per heavy atom. The van der Waals surface area contributed by atoms with Gasteiger partial charge in [0.15, 0.2) is 0 Å². The van der Waals surface area contributed by atoms with Crippen LogP contribution in [-0.4, -0.2) is 86.7 Å². The number of alkyl halides is 21. The third-order valence-corrected chi connectivity index (χ3v) is 6.29. The summed E-state index contributed by atoms with van der Waals surface area (Å²) in [6.07, 6.45) is -20.7. The minimum atomic E-state index is -6.59. The van der Waals surface area contributed by atoms with E-state index in [1.54, 1.807) is 0 Å². The summed E-state index contributed by atoms with van der Waals surface area (Å²) in [6, 6.07) is 0. The average molecular weight is 1060 g/mol. The Morgan fingerprint density at radius 2 is 0.448 bits per heavy atom.